The summed E-state index contributed by atoms with van der Waals surface area (Å²) in [6, 6.07) is 7.45. The van der Waals surface area contributed by atoms with Crippen LogP contribution in [0.1, 0.15) is 0 Å². The summed E-state index contributed by atoms with van der Waals surface area (Å²) < 4.78 is 5.66. The minimum absolute atomic E-state index is 0.0250. The number of nitrogens with zero attached hydrogens (tertiary/aromatic N) is 2. The molecule has 20 heavy (non-hydrogen) atoms. The van der Waals surface area contributed by atoms with Gasteiger partial charge in [-0.2, -0.15) is 0 Å². The van der Waals surface area contributed by atoms with Crippen molar-refractivity contribution < 1.29 is 9.53 Å². The van der Waals surface area contributed by atoms with E-state index in [1.165, 1.54) is 0 Å². The molecule has 1 aromatic carbocycles. The topological polar surface area (TPSA) is 58.8 Å². The van der Waals surface area contributed by atoms with Crippen LogP contribution < -0.4 is 10.5 Å². The second-order valence-electron chi connectivity index (χ2n) is 4.71. The molecular weight excluding hydrogens is 278 g/mol. The molecule has 5 nitrogen and oxygen atoms in total. The molecule has 1 saturated heterocycles. The number of piperazine rings is 1. The third kappa shape index (κ3) is 4.10. The van der Waals surface area contributed by atoms with Crippen LogP contribution in [0, 0.1) is 0 Å². The maximum absolute atomic E-state index is 11.5. The Morgan fingerprint density at radius 2 is 1.95 bits per heavy atom. The summed E-state index contributed by atoms with van der Waals surface area (Å²) in [6.45, 7) is 4.71. The first kappa shape index (κ1) is 15.1. The molecule has 1 fully saturated rings. The van der Waals surface area contributed by atoms with Gasteiger partial charge in [-0.15, -0.1) is 0 Å². The Labute approximate surface area is 124 Å². The van der Waals surface area contributed by atoms with Crippen LogP contribution in [0.5, 0.6) is 5.75 Å². The number of para-hydroxylation sites is 1. The molecule has 1 aromatic rings. The molecule has 0 saturated carbocycles. The van der Waals surface area contributed by atoms with Gasteiger partial charge in [0.25, 0.3) is 0 Å². The molecule has 1 aliphatic rings. The third-order valence-electron chi connectivity index (χ3n) is 3.40. The van der Waals surface area contributed by atoms with Gasteiger partial charge in [0.1, 0.15) is 12.4 Å². The first-order chi connectivity index (χ1) is 9.70. The molecule has 0 bridgehead atoms. The number of hydrogen-bond donors (Lipinski definition) is 1. The van der Waals surface area contributed by atoms with Crippen molar-refractivity contribution in [2.24, 2.45) is 5.73 Å². The number of carbonyl (C=O) groups excluding carboxylic acids is 1. The van der Waals surface area contributed by atoms with Crippen LogP contribution in [0.25, 0.3) is 0 Å². The largest absolute Gasteiger partial charge is 0.491 e. The number of amides is 1. The van der Waals surface area contributed by atoms with Crippen LogP contribution in [-0.4, -0.2) is 61.6 Å². The van der Waals surface area contributed by atoms with Crippen molar-refractivity contribution >= 4 is 17.5 Å². The summed E-state index contributed by atoms with van der Waals surface area (Å²) in [6.07, 6.45) is 0. The molecule has 1 amide bonds. The summed E-state index contributed by atoms with van der Waals surface area (Å²) in [5.74, 6) is 0.739. The van der Waals surface area contributed by atoms with Crippen molar-refractivity contribution in [2.75, 3.05) is 45.9 Å². The van der Waals surface area contributed by atoms with Gasteiger partial charge in [0.05, 0.1) is 11.6 Å². The number of rotatable bonds is 5. The standard InChI is InChI=1S/C14H20ClN3O2/c15-12-3-1-2-4-13(12)20-10-9-17-5-7-18(8-6-17)14(19)11-16/h1-4H,5-11,16H2. The SMILES string of the molecule is NCC(=O)N1CCN(CCOc2ccccc2Cl)CC1. The smallest absolute Gasteiger partial charge is 0.236 e. The predicted octanol–water partition coefficient (Wildman–Crippen LogP) is 0.822. The monoisotopic (exact) mass is 297 g/mol. The van der Waals surface area contributed by atoms with Crippen LogP contribution in [-0.2, 0) is 4.79 Å². The maximum Gasteiger partial charge on any atom is 0.236 e. The van der Waals surface area contributed by atoms with Crippen molar-refractivity contribution in [1.29, 1.82) is 0 Å². The fraction of sp³-hybridized carbons (Fsp3) is 0.500. The van der Waals surface area contributed by atoms with Crippen LogP contribution in [0.2, 0.25) is 5.02 Å². The highest BCUT2D eigenvalue weighted by Crippen LogP contribution is 2.22. The molecule has 0 aromatic heterocycles. The lowest BCUT2D eigenvalue weighted by Crippen LogP contribution is -2.51. The molecule has 0 unspecified atom stereocenters. The average molecular weight is 298 g/mol. The predicted molar refractivity (Wildman–Crippen MR) is 79.0 cm³/mol. The number of halogens is 1. The third-order valence-corrected chi connectivity index (χ3v) is 3.71. The molecule has 0 spiro atoms. The molecular formula is C14H20ClN3O2. The lowest BCUT2D eigenvalue weighted by atomic mass is 10.3. The first-order valence-corrected chi connectivity index (χ1v) is 7.16. The Bertz CT molecular complexity index is 448. The van der Waals surface area contributed by atoms with E-state index in [1.807, 2.05) is 29.2 Å². The number of nitrogens with two attached hydrogens (primary N) is 1. The van der Waals surface area contributed by atoms with Gasteiger partial charge >= 0.3 is 0 Å². The molecule has 0 atom stereocenters. The van der Waals surface area contributed by atoms with Crippen molar-refractivity contribution in [2.45, 2.75) is 0 Å². The first-order valence-electron chi connectivity index (χ1n) is 6.78. The van der Waals surface area contributed by atoms with E-state index in [0.29, 0.717) is 17.4 Å². The Hall–Kier alpha value is -1.30. The van der Waals surface area contributed by atoms with Crippen LogP contribution in [0.3, 0.4) is 0 Å². The van der Waals surface area contributed by atoms with Crippen molar-refractivity contribution in [3.63, 3.8) is 0 Å². The highest BCUT2D eigenvalue weighted by Gasteiger charge is 2.19. The Balaban J connectivity index is 1.69. The van der Waals surface area contributed by atoms with Gasteiger partial charge in [0.15, 0.2) is 0 Å². The number of carbonyl (C=O) groups is 1. The van der Waals surface area contributed by atoms with Gasteiger partial charge in [-0.05, 0) is 12.1 Å². The van der Waals surface area contributed by atoms with Gasteiger partial charge < -0.3 is 15.4 Å². The minimum atomic E-state index is 0.0250. The zero-order valence-electron chi connectivity index (χ0n) is 11.4. The summed E-state index contributed by atoms with van der Waals surface area (Å²) >= 11 is 6.02. The van der Waals surface area contributed by atoms with E-state index in [-0.39, 0.29) is 12.5 Å². The summed E-state index contributed by atoms with van der Waals surface area (Å²) in [5.41, 5.74) is 5.36. The normalized spacial score (nSPS) is 16.2. The highest BCUT2D eigenvalue weighted by atomic mass is 35.5. The van der Waals surface area contributed by atoms with Crippen molar-refractivity contribution in [3.8, 4) is 5.75 Å². The fourth-order valence-corrected chi connectivity index (χ4v) is 2.39. The lowest BCUT2D eigenvalue weighted by Gasteiger charge is -2.34. The van der Waals surface area contributed by atoms with E-state index < -0.39 is 0 Å². The van der Waals surface area contributed by atoms with Gasteiger partial charge in [-0.25, -0.2) is 0 Å². The Morgan fingerprint density at radius 1 is 1.25 bits per heavy atom. The van der Waals surface area contributed by atoms with Gasteiger partial charge in [0.2, 0.25) is 5.91 Å². The quantitative estimate of drug-likeness (QED) is 0.874. The van der Waals surface area contributed by atoms with E-state index in [0.717, 1.165) is 32.7 Å². The highest BCUT2D eigenvalue weighted by molar-refractivity contribution is 6.32. The van der Waals surface area contributed by atoms with Crippen LogP contribution in [0.15, 0.2) is 24.3 Å². The Kier molecular flexibility index (Phi) is 5.64. The second-order valence-corrected chi connectivity index (χ2v) is 5.11. The number of hydrogen-bond acceptors (Lipinski definition) is 4. The Morgan fingerprint density at radius 3 is 2.60 bits per heavy atom. The molecule has 1 heterocycles. The summed E-state index contributed by atoms with van der Waals surface area (Å²) in [5, 5.41) is 0.630. The summed E-state index contributed by atoms with van der Waals surface area (Å²) in [4.78, 5) is 15.5. The lowest BCUT2D eigenvalue weighted by molar-refractivity contribution is -0.131. The van der Waals surface area contributed by atoms with Gasteiger partial charge in [-0.3, -0.25) is 9.69 Å². The zero-order valence-corrected chi connectivity index (χ0v) is 12.2. The van der Waals surface area contributed by atoms with Crippen LogP contribution >= 0.6 is 11.6 Å². The number of ether oxygens (including phenoxy) is 1. The number of benzene rings is 1. The van der Waals surface area contributed by atoms with Crippen molar-refractivity contribution in [1.82, 2.24) is 9.80 Å². The average Bonchev–Trinajstić information content (AvgIpc) is 2.49. The van der Waals surface area contributed by atoms with Gasteiger partial charge in [0, 0.05) is 32.7 Å². The molecule has 110 valence electrons. The molecule has 0 radical (unpaired) electrons. The van der Waals surface area contributed by atoms with Crippen molar-refractivity contribution in [3.05, 3.63) is 29.3 Å². The molecule has 1 aliphatic heterocycles. The van der Waals surface area contributed by atoms with E-state index in [4.69, 9.17) is 22.1 Å². The fourth-order valence-electron chi connectivity index (χ4n) is 2.20. The minimum Gasteiger partial charge on any atom is -0.491 e. The van der Waals surface area contributed by atoms with E-state index in [1.54, 1.807) is 0 Å². The van der Waals surface area contributed by atoms with Crippen LogP contribution in [0.4, 0.5) is 0 Å². The van der Waals surface area contributed by atoms with Gasteiger partial charge in [-0.1, -0.05) is 23.7 Å². The molecule has 2 N–H and O–H groups in total. The molecule has 0 aliphatic carbocycles. The maximum atomic E-state index is 11.5. The second kappa shape index (κ2) is 7.47. The summed E-state index contributed by atoms with van der Waals surface area (Å²) in [7, 11) is 0. The van der Waals surface area contributed by atoms with E-state index in [2.05, 4.69) is 4.90 Å². The van der Waals surface area contributed by atoms with E-state index >= 15 is 0 Å². The molecule has 2 rings (SSSR count). The molecule has 6 heteroatoms. The zero-order chi connectivity index (χ0) is 14.4. The van der Waals surface area contributed by atoms with E-state index in [9.17, 15) is 4.79 Å².